The van der Waals surface area contributed by atoms with Crippen LogP contribution in [-0.4, -0.2) is 52.6 Å². The predicted octanol–water partition coefficient (Wildman–Crippen LogP) is 0.541. The fourth-order valence-corrected chi connectivity index (χ4v) is 2.13. The molecule has 1 aliphatic heterocycles. The normalized spacial score (nSPS) is 20.1. The first kappa shape index (κ1) is 12.1. The van der Waals surface area contributed by atoms with E-state index in [0.717, 1.165) is 37.7 Å². The third-order valence-electron chi connectivity index (χ3n) is 3.43. The standard InChI is InChI=1S/C12H19N5/c1-10-14-11(9-16(10)3)12(8-13)17-6-4-15(2)5-7-17/h9,12H,4-7H2,1-3H3. The number of nitriles is 1. The Labute approximate surface area is 102 Å². The van der Waals surface area contributed by atoms with Gasteiger partial charge in [0.05, 0.1) is 11.8 Å². The zero-order valence-corrected chi connectivity index (χ0v) is 10.7. The van der Waals surface area contributed by atoms with Gasteiger partial charge in [-0.25, -0.2) is 4.98 Å². The second-order valence-electron chi connectivity index (χ2n) is 4.69. The van der Waals surface area contributed by atoms with Crippen LogP contribution >= 0.6 is 0 Å². The Bertz CT molecular complexity index is 403. The Hall–Kier alpha value is -1.38. The largest absolute Gasteiger partial charge is 0.338 e. The molecule has 2 rings (SSSR count). The van der Waals surface area contributed by atoms with E-state index in [1.807, 2.05) is 24.7 Å². The maximum atomic E-state index is 9.34. The molecule has 1 aromatic rings. The first-order valence-corrected chi connectivity index (χ1v) is 5.94. The van der Waals surface area contributed by atoms with Gasteiger partial charge in [-0.2, -0.15) is 5.26 Å². The number of hydrogen-bond acceptors (Lipinski definition) is 4. The molecule has 0 aliphatic carbocycles. The Kier molecular flexibility index (Phi) is 3.46. The molecule has 0 radical (unpaired) electrons. The summed E-state index contributed by atoms with van der Waals surface area (Å²) in [4.78, 5) is 8.96. The summed E-state index contributed by atoms with van der Waals surface area (Å²) in [6.45, 7) is 5.87. The minimum Gasteiger partial charge on any atom is -0.338 e. The Balaban J connectivity index is 2.14. The van der Waals surface area contributed by atoms with Crippen LogP contribution in [0.3, 0.4) is 0 Å². The summed E-state index contributed by atoms with van der Waals surface area (Å²) in [5, 5.41) is 9.34. The minimum atomic E-state index is -0.205. The van der Waals surface area contributed by atoms with Crippen molar-refractivity contribution in [2.75, 3.05) is 33.2 Å². The van der Waals surface area contributed by atoms with Gasteiger partial charge in [-0.3, -0.25) is 4.90 Å². The van der Waals surface area contributed by atoms with E-state index >= 15 is 0 Å². The van der Waals surface area contributed by atoms with E-state index in [-0.39, 0.29) is 6.04 Å². The van der Waals surface area contributed by atoms with Gasteiger partial charge < -0.3 is 9.47 Å². The number of hydrogen-bond donors (Lipinski definition) is 0. The zero-order valence-electron chi connectivity index (χ0n) is 10.7. The monoisotopic (exact) mass is 233 g/mol. The average molecular weight is 233 g/mol. The van der Waals surface area contributed by atoms with Gasteiger partial charge in [0.2, 0.25) is 0 Å². The van der Waals surface area contributed by atoms with Crippen molar-refractivity contribution in [3.05, 3.63) is 17.7 Å². The molecular weight excluding hydrogens is 214 g/mol. The summed E-state index contributed by atoms with van der Waals surface area (Å²) in [5.74, 6) is 0.953. The van der Waals surface area contributed by atoms with E-state index in [1.54, 1.807) is 0 Å². The first-order chi connectivity index (χ1) is 8.11. The summed E-state index contributed by atoms with van der Waals surface area (Å²) in [6, 6.07) is 2.17. The SMILES string of the molecule is Cc1nc(C(C#N)N2CCN(C)CC2)cn1C. The quantitative estimate of drug-likeness (QED) is 0.748. The molecule has 1 atom stereocenters. The average Bonchev–Trinajstić information content (AvgIpc) is 2.63. The zero-order chi connectivity index (χ0) is 12.4. The van der Waals surface area contributed by atoms with Gasteiger partial charge in [0.1, 0.15) is 11.9 Å². The molecule has 1 aliphatic rings. The topological polar surface area (TPSA) is 48.1 Å². The molecule has 17 heavy (non-hydrogen) atoms. The van der Waals surface area contributed by atoms with Crippen LogP contribution in [0.4, 0.5) is 0 Å². The van der Waals surface area contributed by atoms with Gasteiger partial charge in [0.15, 0.2) is 0 Å². The molecule has 5 heteroatoms. The minimum absolute atomic E-state index is 0.205. The van der Waals surface area contributed by atoms with Gasteiger partial charge in [0, 0.05) is 39.4 Å². The molecule has 0 spiro atoms. The van der Waals surface area contributed by atoms with E-state index in [0.29, 0.717) is 0 Å². The van der Waals surface area contributed by atoms with Crippen LogP contribution in [0.5, 0.6) is 0 Å². The lowest BCUT2D eigenvalue weighted by molar-refractivity contribution is 0.131. The second kappa shape index (κ2) is 4.86. The van der Waals surface area contributed by atoms with Gasteiger partial charge in [-0.15, -0.1) is 0 Å². The molecule has 0 aromatic carbocycles. The van der Waals surface area contributed by atoms with E-state index in [4.69, 9.17) is 0 Å². The Morgan fingerprint density at radius 3 is 2.41 bits per heavy atom. The van der Waals surface area contributed by atoms with Crippen molar-refractivity contribution in [1.29, 1.82) is 5.26 Å². The highest BCUT2D eigenvalue weighted by Crippen LogP contribution is 2.20. The molecule has 5 nitrogen and oxygen atoms in total. The van der Waals surface area contributed by atoms with Crippen LogP contribution < -0.4 is 0 Å². The summed E-state index contributed by atoms with van der Waals surface area (Å²) in [7, 11) is 4.08. The third-order valence-corrected chi connectivity index (χ3v) is 3.43. The van der Waals surface area contributed by atoms with Gasteiger partial charge >= 0.3 is 0 Å². The second-order valence-corrected chi connectivity index (χ2v) is 4.69. The van der Waals surface area contributed by atoms with Crippen LogP contribution in [0.15, 0.2) is 6.20 Å². The number of imidazole rings is 1. The molecule has 2 heterocycles. The third kappa shape index (κ3) is 2.48. The van der Waals surface area contributed by atoms with E-state index in [2.05, 4.69) is 27.9 Å². The van der Waals surface area contributed by atoms with Gasteiger partial charge in [-0.05, 0) is 14.0 Å². The number of rotatable bonds is 2. The van der Waals surface area contributed by atoms with Crippen LogP contribution in [0.1, 0.15) is 17.6 Å². The fraction of sp³-hybridized carbons (Fsp3) is 0.667. The lowest BCUT2D eigenvalue weighted by Gasteiger charge is -2.34. The summed E-state index contributed by atoms with van der Waals surface area (Å²) in [6.07, 6.45) is 1.96. The first-order valence-electron chi connectivity index (χ1n) is 5.94. The van der Waals surface area contributed by atoms with Crippen molar-refractivity contribution in [3.63, 3.8) is 0 Å². The van der Waals surface area contributed by atoms with Crippen LogP contribution in [0.2, 0.25) is 0 Å². The summed E-state index contributed by atoms with van der Waals surface area (Å²) >= 11 is 0. The molecule has 1 aromatic heterocycles. The molecule has 0 N–H and O–H groups in total. The summed E-state index contributed by atoms with van der Waals surface area (Å²) in [5.41, 5.74) is 0.872. The van der Waals surface area contributed by atoms with Crippen molar-refractivity contribution in [2.24, 2.45) is 7.05 Å². The Morgan fingerprint density at radius 1 is 1.29 bits per heavy atom. The van der Waals surface area contributed by atoms with Crippen LogP contribution in [-0.2, 0) is 7.05 Å². The summed E-state index contributed by atoms with van der Waals surface area (Å²) < 4.78 is 1.97. The highest BCUT2D eigenvalue weighted by atomic mass is 15.3. The van der Waals surface area contributed by atoms with Gasteiger partial charge in [0.25, 0.3) is 0 Å². The number of aryl methyl sites for hydroxylation is 2. The van der Waals surface area contributed by atoms with Crippen LogP contribution in [0.25, 0.3) is 0 Å². The van der Waals surface area contributed by atoms with Crippen molar-refractivity contribution < 1.29 is 0 Å². The number of nitrogens with zero attached hydrogens (tertiary/aromatic N) is 5. The highest BCUT2D eigenvalue weighted by Gasteiger charge is 2.25. The highest BCUT2D eigenvalue weighted by molar-refractivity contribution is 5.15. The predicted molar refractivity (Wildman–Crippen MR) is 65.4 cm³/mol. The lowest BCUT2D eigenvalue weighted by Crippen LogP contribution is -2.45. The molecule has 1 unspecified atom stereocenters. The molecule has 1 saturated heterocycles. The maximum Gasteiger partial charge on any atom is 0.142 e. The molecule has 1 fully saturated rings. The van der Waals surface area contributed by atoms with E-state index < -0.39 is 0 Å². The number of piperazine rings is 1. The fourth-order valence-electron chi connectivity index (χ4n) is 2.13. The van der Waals surface area contributed by atoms with E-state index in [1.165, 1.54) is 0 Å². The molecule has 0 bridgehead atoms. The van der Waals surface area contributed by atoms with Crippen molar-refractivity contribution >= 4 is 0 Å². The molecule has 0 saturated carbocycles. The van der Waals surface area contributed by atoms with E-state index in [9.17, 15) is 5.26 Å². The molecule has 92 valence electrons. The Morgan fingerprint density at radius 2 is 1.94 bits per heavy atom. The number of likely N-dealkylation sites (N-methyl/N-ethyl adjacent to an activating group) is 1. The van der Waals surface area contributed by atoms with Crippen LogP contribution in [0, 0.1) is 18.3 Å². The van der Waals surface area contributed by atoms with Crippen molar-refractivity contribution in [1.82, 2.24) is 19.4 Å². The van der Waals surface area contributed by atoms with Gasteiger partial charge in [-0.1, -0.05) is 0 Å². The van der Waals surface area contributed by atoms with Crippen molar-refractivity contribution in [3.8, 4) is 6.07 Å². The molecule has 0 amide bonds. The smallest absolute Gasteiger partial charge is 0.142 e. The maximum absolute atomic E-state index is 9.34. The van der Waals surface area contributed by atoms with Crippen molar-refractivity contribution in [2.45, 2.75) is 13.0 Å². The molecular formula is C12H19N5. The lowest BCUT2D eigenvalue weighted by atomic mass is 10.2. The number of aromatic nitrogens is 2.